The zero-order valence-electron chi connectivity index (χ0n) is 11.2. The van der Waals surface area contributed by atoms with Crippen LogP contribution in [0.25, 0.3) is 0 Å². The molecule has 2 aliphatic rings. The molecule has 1 saturated carbocycles. The van der Waals surface area contributed by atoms with Crippen molar-refractivity contribution >= 4 is 21.9 Å². The molecule has 1 saturated heterocycles. The Morgan fingerprint density at radius 1 is 1.50 bits per heavy atom. The average molecular weight is 340 g/mol. The van der Waals surface area contributed by atoms with Gasteiger partial charge in [0.1, 0.15) is 5.75 Å². The van der Waals surface area contributed by atoms with Crippen molar-refractivity contribution in [2.24, 2.45) is 11.3 Å². The molecule has 4 nitrogen and oxygen atoms in total. The molecule has 0 bridgehead atoms. The first kappa shape index (κ1) is 13.9. The van der Waals surface area contributed by atoms with Gasteiger partial charge in [-0.15, -0.1) is 0 Å². The number of hydrogen-bond donors (Lipinski definition) is 2. The predicted octanol–water partition coefficient (Wildman–Crippen LogP) is 2.84. The zero-order valence-corrected chi connectivity index (χ0v) is 12.8. The Hall–Kier alpha value is -1.07. The Morgan fingerprint density at radius 2 is 2.30 bits per heavy atom. The molecule has 1 aliphatic carbocycles. The van der Waals surface area contributed by atoms with Crippen LogP contribution in [0.2, 0.25) is 0 Å². The van der Waals surface area contributed by atoms with Crippen molar-refractivity contribution in [3.05, 3.63) is 28.2 Å². The molecule has 2 atom stereocenters. The number of phenolic OH excluding ortho intramolecular Hbond substituents is 1. The average Bonchev–Trinajstić information content (AvgIpc) is 2.92. The Balaban J connectivity index is 1.78. The van der Waals surface area contributed by atoms with Crippen molar-refractivity contribution in [2.45, 2.75) is 25.8 Å². The molecule has 0 spiro atoms. The number of fused-ring (bicyclic) bond motifs is 1. The summed E-state index contributed by atoms with van der Waals surface area (Å²) in [6.07, 6.45) is 2.84. The molecule has 20 heavy (non-hydrogen) atoms. The molecule has 2 N–H and O–H groups in total. The number of aliphatic carboxylic acids is 1. The number of likely N-dealkylation sites (tertiary alicyclic amines) is 1. The summed E-state index contributed by atoms with van der Waals surface area (Å²) in [5.41, 5.74) is 0.467. The molecule has 2 fully saturated rings. The van der Waals surface area contributed by atoms with Crippen LogP contribution in [0.5, 0.6) is 5.75 Å². The van der Waals surface area contributed by atoms with Gasteiger partial charge in [0.05, 0.1) is 9.89 Å². The molecule has 0 radical (unpaired) electrons. The number of hydrogen-bond acceptors (Lipinski definition) is 3. The fraction of sp³-hybridized carbons (Fsp3) is 0.533. The van der Waals surface area contributed by atoms with E-state index >= 15 is 0 Å². The minimum absolute atomic E-state index is 0.231. The molecular formula is C15H18BrNO3. The number of halogens is 1. The lowest BCUT2D eigenvalue weighted by Crippen LogP contribution is -2.35. The van der Waals surface area contributed by atoms with Crippen LogP contribution in [0, 0.1) is 11.3 Å². The molecular weight excluding hydrogens is 322 g/mol. The van der Waals surface area contributed by atoms with Gasteiger partial charge in [-0.25, -0.2) is 0 Å². The topological polar surface area (TPSA) is 60.8 Å². The van der Waals surface area contributed by atoms with E-state index in [-0.39, 0.29) is 11.7 Å². The van der Waals surface area contributed by atoms with Gasteiger partial charge in [-0.1, -0.05) is 18.6 Å². The van der Waals surface area contributed by atoms with Gasteiger partial charge in [0.15, 0.2) is 0 Å². The van der Waals surface area contributed by atoms with Gasteiger partial charge in [-0.05, 0) is 46.3 Å². The first-order valence-electron chi connectivity index (χ1n) is 6.95. The SMILES string of the molecule is O=C(O)[C@@]12CCC[C@H]1CN(Cc1cccc(O)c1Br)C2. The number of rotatable bonds is 3. The highest BCUT2D eigenvalue weighted by atomic mass is 79.9. The highest BCUT2D eigenvalue weighted by Gasteiger charge is 2.54. The number of benzene rings is 1. The first-order chi connectivity index (χ1) is 9.53. The molecule has 1 aromatic carbocycles. The van der Waals surface area contributed by atoms with Crippen molar-refractivity contribution < 1.29 is 15.0 Å². The maximum Gasteiger partial charge on any atom is 0.311 e. The summed E-state index contributed by atoms with van der Waals surface area (Å²) < 4.78 is 0.710. The third-order valence-corrected chi connectivity index (χ3v) is 5.74. The monoisotopic (exact) mass is 339 g/mol. The Bertz CT molecular complexity index is 548. The molecule has 0 amide bonds. The van der Waals surface area contributed by atoms with Crippen molar-refractivity contribution in [1.82, 2.24) is 4.90 Å². The quantitative estimate of drug-likeness (QED) is 0.888. The maximum absolute atomic E-state index is 11.6. The highest BCUT2D eigenvalue weighted by Crippen LogP contribution is 2.49. The van der Waals surface area contributed by atoms with E-state index in [0.717, 1.165) is 31.4 Å². The molecule has 1 aromatic rings. The van der Waals surface area contributed by atoms with E-state index < -0.39 is 11.4 Å². The first-order valence-corrected chi connectivity index (χ1v) is 7.74. The van der Waals surface area contributed by atoms with Crippen molar-refractivity contribution in [3.8, 4) is 5.75 Å². The third-order valence-electron chi connectivity index (χ3n) is 4.82. The Labute approximate surface area is 126 Å². The molecule has 108 valence electrons. The van der Waals surface area contributed by atoms with Crippen molar-refractivity contribution in [1.29, 1.82) is 0 Å². The summed E-state index contributed by atoms with van der Waals surface area (Å²) in [4.78, 5) is 13.9. The normalized spacial score (nSPS) is 29.6. The van der Waals surface area contributed by atoms with E-state index in [1.165, 1.54) is 0 Å². The number of carboxylic acids is 1. The summed E-state index contributed by atoms with van der Waals surface area (Å²) >= 11 is 3.40. The molecule has 0 unspecified atom stereocenters. The van der Waals surface area contributed by atoms with Crippen LogP contribution in [-0.4, -0.2) is 34.2 Å². The van der Waals surface area contributed by atoms with Crippen LogP contribution >= 0.6 is 15.9 Å². The van der Waals surface area contributed by atoms with Crippen LogP contribution in [0.3, 0.4) is 0 Å². The zero-order chi connectivity index (χ0) is 14.3. The van der Waals surface area contributed by atoms with Gasteiger partial charge in [0, 0.05) is 19.6 Å². The third kappa shape index (κ3) is 2.13. The van der Waals surface area contributed by atoms with E-state index in [4.69, 9.17) is 0 Å². The molecule has 3 rings (SSSR count). The lowest BCUT2D eigenvalue weighted by Gasteiger charge is -2.23. The number of aromatic hydroxyl groups is 1. The summed E-state index contributed by atoms with van der Waals surface area (Å²) in [5, 5.41) is 19.3. The largest absolute Gasteiger partial charge is 0.507 e. The fourth-order valence-electron chi connectivity index (χ4n) is 3.79. The van der Waals surface area contributed by atoms with Crippen molar-refractivity contribution in [2.75, 3.05) is 13.1 Å². The molecule has 1 heterocycles. The van der Waals surface area contributed by atoms with Gasteiger partial charge in [-0.3, -0.25) is 9.69 Å². The summed E-state index contributed by atoms with van der Waals surface area (Å²) in [6, 6.07) is 5.43. The van der Waals surface area contributed by atoms with E-state index in [1.54, 1.807) is 6.07 Å². The smallest absolute Gasteiger partial charge is 0.311 e. The van der Waals surface area contributed by atoms with E-state index in [9.17, 15) is 15.0 Å². The lowest BCUT2D eigenvalue weighted by molar-refractivity contribution is -0.149. The standard InChI is InChI=1S/C15H18BrNO3/c16-13-10(3-1-5-12(13)18)7-17-8-11-4-2-6-15(11,9-17)14(19)20/h1,3,5,11,18H,2,4,6-9H2,(H,19,20)/t11-,15+/m0/s1. The highest BCUT2D eigenvalue weighted by molar-refractivity contribution is 9.10. The molecule has 1 aliphatic heterocycles. The Kier molecular flexibility index (Phi) is 3.50. The molecule has 0 aromatic heterocycles. The second-order valence-corrected chi connectivity index (χ2v) is 6.76. The van der Waals surface area contributed by atoms with E-state index in [0.29, 0.717) is 17.6 Å². The second-order valence-electron chi connectivity index (χ2n) is 5.97. The van der Waals surface area contributed by atoms with Gasteiger partial charge in [-0.2, -0.15) is 0 Å². The maximum atomic E-state index is 11.6. The minimum atomic E-state index is -0.641. The lowest BCUT2D eigenvalue weighted by atomic mass is 9.81. The van der Waals surface area contributed by atoms with E-state index in [1.807, 2.05) is 12.1 Å². The number of phenols is 1. The van der Waals surface area contributed by atoms with Gasteiger partial charge >= 0.3 is 5.97 Å². The molecule has 5 heteroatoms. The Morgan fingerprint density at radius 3 is 3.00 bits per heavy atom. The van der Waals surface area contributed by atoms with Gasteiger partial charge < -0.3 is 10.2 Å². The van der Waals surface area contributed by atoms with Crippen LogP contribution < -0.4 is 0 Å². The second kappa shape index (κ2) is 5.04. The van der Waals surface area contributed by atoms with Crippen LogP contribution in [0.4, 0.5) is 0 Å². The minimum Gasteiger partial charge on any atom is -0.507 e. The van der Waals surface area contributed by atoms with Gasteiger partial charge in [0.25, 0.3) is 0 Å². The van der Waals surface area contributed by atoms with Crippen molar-refractivity contribution in [3.63, 3.8) is 0 Å². The van der Waals surface area contributed by atoms with Crippen LogP contribution in [-0.2, 0) is 11.3 Å². The number of carboxylic acid groups (broad SMARTS) is 1. The number of nitrogens with zero attached hydrogens (tertiary/aromatic N) is 1. The van der Waals surface area contributed by atoms with Gasteiger partial charge in [0.2, 0.25) is 0 Å². The number of carbonyl (C=O) groups is 1. The predicted molar refractivity (Wildman–Crippen MR) is 78.5 cm³/mol. The van der Waals surface area contributed by atoms with Crippen LogP contribution in [0.15, 0.2) is 22.7 Å². The van der Waals surface area contributed by atoms with Crippen LogP contribution in [0.1, 0.15) is 24.8 Å². The summed E-state index contributed by atoms with van der Waals surface area (Å²) in [5.74, 6) is -0.136. The summed E-state index contributed by atoms with van der Waals surface area (Å²) in [6.45, 7) is 2.14. The summed E-state index contributed by atoms with van der Waals surface area (Å²) in [7, 11) is 0. The van der Waals surface area contributed by atoms with E-state index in [2.05, 4.69) is 20.8 Å². The fourth-order valence-corrected chi connectivity index (χ4v) is 4.18.